The van der Waals surface area contributed by atoms with Crippen molar-refractivity contribution in [1.82, 2.24) is 4.98 Å². The van der Waals surface area contributed by atoms with Gasteiger partial charge in [-0.3, -0.25) is 4.79 Å². The molecule has 2 N–H and O–H groups in total. The Morgan fingerprint density at radius 2 is 2.00 bits per heavy atom. The van der Waals surface area contributed by atoms with Crippen molar-refractivity contribution in [2.24, 2.45) is 5.92 Å². The molecule has 5 heteroatoms. The van der Waals surface area contributed by atoms with Crippen molar-refractivity contribution in [1.29, 1.82) is 0 Å². The van der Waals surface area contributed by atoms with Crippen LogP contribution in [0.3, 0.4) is 0 Å². The molecule has 0 fully saturated rings. The monoisotopic (exact) mass is 317 g/mol. The molecule has 0 saturated carbocycles. The highest BCUT2D eigenvalue weighted by Gasteiger charge is 2.09. The summed E-state index contributed by atoms with van der Waals surface area (Å²) >= 11 is 6.01. The van der Waals surface area contributed by atoms with E-state index in [0.29, 0.717) is 22.2 Å². The van der Waals surface area contributed by atoms with Crippen molar-refractivity contribution in [3.63, 3.8) is 0 Å². The minimum atomic E-state index is -0.243. The number of halogens is 1. The number of carbonyl (C=O) groups excluding carboxylic acids is 1. The van der Waals surface area contributed by atoms with E-state index in [1.807, 2.05) is 12.1 Å². The van der Waals surface area contributed by atoms with Gasteiger partial charge in [0.25, 0.3) is 5.91 Å². The average Bonchev–Trinajstić information content (AvgIpc) is 2.49. The molecule has 1 amide bonds. The van der Waals surface area contributed by atoms with Crippen LogP contribution in [0.15, 0.2) is 42.6 Å². The summed E-state index contributed by atoms with van der Waals surface area (Å²) in [7, 11) is 0. The van der Waals surface area contributed by atoms with Crippen molar-refractivity contribution in [3.05, 3.63) is 53.2 Å². The van der Waals surface area contributed by atoms with Crippen molar-refractivity contribution < 1.29 is 4.79 Å². The van der Waals surface area contributed by atoms with Crippen molar-refractivity contribution in [3.8, 4) is 0 Å². The predicted octanol–water partition coefficient (Wildman–Crippen LogP) is 4.45. The zero-order valence-corrected chi connectivity index (χ0v) is 13.5. The van der Waals surface area contributed by atoms with E-state index in [1.54, 1.807) is 30.5 Å². The van der Waals surface area contributed by atoms with Gasteiger partial charge in [0.15, 0.2) is 0 Å². The molecule has 0 saturated heterocycles. The Hall–Kier alpha value is -2.07. The Morgan fingerprint density at radius 3 is 2.64 bits per heavy atom. The standard InChI is InChI=1S/C17H20ClN3O/c1-12(2)9-10-19-16-8-7-13(11-20-16)21-17(22)14-5-3-4-6-15(14)18/h3-8,11-12H,9-10H2,1-2H3,(H,19,20)(H,21,22). The van der Waals surface area contributed by atoms with Gasteiger partial charge in [-0.15, -0.1) is 0 Å². The fourth-order valence-electron chi connectivity index (χ4n) is 1.91. The summed E-state index contributed by atoms with van der Waals surface area (Å²) in [5.74, 6) is 1.21. The minimum Gasteiger partial charge on any atom is -0.370 e. The van der Waals surface area contributed by atoms with Gasteiger partial charge in [0, 0.05) is 6.54 Å². The quantitative estimate of drug-likeness (QED) is 0.827. The molecule has 22 heavy (non-hydrogen) atoms. The zero-order valence-electron chi connectivity index (χ0n) is 12.8. The number of hydrogen-bond acceptors (Lipinski definition) is 3. The molecule has 1 aromatic heterocycles. The molecule has 0 aliphatic rings. The molecule has 1 aromatic carbocycles. The number of nitrogens with zero attached hydrogens (tertiary/aromatic N) is 1. The Labute approximate surface area is 135 Å². The summed E-state index contributed by atoms with van der Waals surface area (Å²) in [6.45, 7) is 5.25. The van der Waals surface area contributed by atoms with Crippen LogP contribution in [0.2, 0.25) is 5.02 Å². The summed E-state index contributed by atoms with van der Waals surface area (Å²) < 4.78 is 0. The summed E-state index contributed by atoms with van der Waals surface area (Å²) in [6, 6.07) is 10.6. The van der Waals surface area contributed by atoms with Gasteiger partial charge in [0.2, 0.25) is 0 Å². The van der Waals surface area contributed by atoms with Gasteiger partial charge in [-0.05, 0) is 36.6 Å². The molecular formula is C17H20ClN3O. The number of rotatable bonds is 6. The van der Waals surface area contributed by atoms with Crippen molar-refractivity contribution >= 4 is 29.0 Å². The molecule has 0 bridgehead atoms. The second kappa shape index (κ2) is 7.80. The molecular weight excluding hydrogens is 298 g/mol. The summed E-state index contributed by atoms with van der Waals surface area (Å²) in [6.07, 6.45) is 2.72. The molecule has 0 spiro atoms. The zero-order chi connectivity index (χ0) is 15.9. The number of carbonyl (C=O) groups is 1. The third-order valence-corrected chi connectivity index (χ3v) is 3.50. The van der Waals surface area contributed by atoms with Crippen LogP contribution in [0.5, 0.6) is 0 Å². The van der Waals surface area contributed by atoms with Gasteiger partial charge < -0.3 is 10.6 Å². The second-order valence-corrected chi connectivity index (χ2v) is 5.88. The number of aromatic nitrogens is 1. The topological polar surface area (TPSA) is 54.0 Å². The largest absolute Gasteiger partial charge is 0.370 e. The van der Waals surface area contributed by atoms with E-state index < -0.39 is 0 Å². The predicted molar refractivity (Wildman–Crippen MR) is 91.6 cm³/mol. The van der Waals surface area contributed by atoms with Gasteiger partial charge in [-0.1, -0.05) is 37.6 Å². The molecule has 2 aromatic rings. The SMILES string of the molecule is CC(C)CCNc1ccc(NC(=O)c2ccccc2Cl)cn1. The molecule has 4 nitrogen and oxygen atoms in total. The van der Waals surface area contributed by atoms with E-state index in [9.17, 15) is 4.79 Å². The van der Waals surface area contributed by atoms with E-state index >= 15 is 0 Å². The lowest BCUT2D eigenvalue weighted by molar-refractivity contribution is 0.102. The van der Waals surface area contributed by atoms with Crippen LogP contribution in [0.1, 0.15) is 30.6 Å². The summed E-state index contributed by atoms with van der Waals surface area (Å²) in [5.41, 5.74) is 1.09. The first kappa shape index (κ1) is 16.3. The Balaban J connectivity index is 1.94. The van der Waals surface area contributed by atoms with Crippen molar-refractivity contribution in [2.75, 3.05) is 17.2 Å². The first-order chi connectivity index (χ1) is 10.6. The number of hydrogen-bond donors (Lipinski definition) is 2. The van der Waals surface area contributed by atoms with Crippen LogP contribution in [-0.4, -0.2) is 17.4 Å². The van der Waals surface area contributed by atoms with Crippen LogP contribution in [0.4, 0.5) is 11.5 Å². The van der Waals surface area contributed by atoms with Gasteiger partial charge >= 0.3 is 0 Å². The molecule has 0 atom stereocenters. The van der Waals surface area contributed by atoms with E-state index in [4.69, 9.17) is 11.6 Å². The molecule has 1 heterocycles. The number of anilines is 2. The van der Waals surface area contributed by atoms with Crippen LogP contribution in [-0.2, 0) is 0 Å². The molecule has 116 valence electrons. The van der Waals surface area contributed by atoms with Gasteiger partial charge in [-0.25, -0.2) is 4.98 Å². The lowest BCUT2D eigenvalue weighted by atomic mass is 10.1. The summed E-state index contributed by atoms with van der Waals surface area (Å²) in [5, 5.41) is 6.47. The molecule has 2 rings (SSSR count). The minimum absolute atomic E-state index is 0.243. The highest BCUT2D eigenvalue weighted by molar-refractivity contribution is 6.34. The fraction of sp³-hybridized carbons (Fsp3) is 0.294. The van der Waals surface area contributed by atoms with Crippen LogP contribution < -0.4 is 10.6 Å². The number of nitrogens with one attached hydrogen (secondary N) is 2. The highest BCUT2D eigenvalue weighted by Crippen LogP contribution is 2.17. The number of benzene rings is 1. The maximum absolute atomic E-state index is 12.1. The Bertz CT molecular complexity index is 626. The fourth-order valence-corrected chi connectivity index (χ4v) is 2.13. The maximum atomic E-state index is 12.1. The lowest BCUT2D eigenvalue weighted by Crippen LogP contribution is -2.13. The highest BCUT2D eigenvalue weighted by atomic mass is 35.5. The number of pyridine rings is 1. The van der Waals surface area contributed by atoms with Gasteiger partial charge in [-0.2, -0.15) is 0 Å². The smallest absolute Gasteiger partial charge is 0.257 e. The molecule has 0 aliphatic carbocycles. The van der Waals surface area contributed by atoms with Crippen LogP contribution in [0.25, 0.3) is 0 Å². The van der Waals surface area contributed by atoms with Crippen LogP contribution >= 0.6 is 11.6 Å². The van der Waals surface area contributed by atoms with Crippen molar-refractivity contribution in [2.45, 2.75) is 20.3 Å². The van der Waals surface area contributed by atoms with E-state index in [1.165, 1.54) is 0 Å². The Morgan fingerprint density at radius 1 is 1.23 bits per heavy atom. The maximum Gasteiger partial charge on any atom is 0.257 e. The van der Waals surface area contributed by atoms with E-state index in [-0.39, 0.29) is 5.91 Å². The van der Waals surface area contributed by atoms with Gasteiger partial charge in [0.1, 0.15) is 5.82 Å². The van der Waals surface area contributed by atoms with E-state index in [2.05, 4.69) is 29.5 Å². The molecule has 0 aliphatic heterocycles. The molecule has 0 radical (unpaired) electrons. The second-order valence-electron chi connectivity index (χ2n) is 5.48. The summed E-state index contributed by atoms with van der Waals surface area (Å²) in [4.78, 5) is 16.4. The molecule has 0 unspecified atom stereocenters. The Kier molecular flexibility index (Phi) is 5.78. The number of amides is 1. The third-order valence-electron chi connectivity index (χ3n) is 3.17. The van der Waals surface area contributed by atoms with E-state index in [0.717, 1.165) is 18.8 Å². The lowest BCUT2D eigenvalue weighted by Gasteiger charge is -2.09. The average molecular weight is 318 g/mol. The third kappa shape index (κ3) is 4.74. The van der Waals surface area contributed by atoms with Crippen LogP contribution in [0, 0.1) is 5.92 Å². The normalized spacial score (nSPS) is 10.5. The first-order valence-electron chi connectivity index (χ1n) is 7.32. The van der Waals surface area contributed by atoms with Gasteiger partial charge in [0.05, 0.1) is 22.5 Å². The first-order valence-corrected chi connectivity index (χ1v) is 7.70.